The van der Waals surface area contributed by atoms with Gasteiger partial charge in [-0.25, -0.2) is 4.98 Å². The van der Waals surface area contributed by atoms with Crippen molar-refractivity contribution < 1.29 is 9.53 Å². The largest absolute Gasteiger partial charge is 0.457 e. The molecule has 0 atom stereocenters. The van der Waals surface area contributed by atoms with Crippen molar-refractivity contribution in [2.24, 2.45) is 7.05 Å². The summed E-state index contributed by atoms with van der Waals surface area (Å²) in [6.45, 7) is 5.81. The summed E-state index contributed by atoms with van der Waals surface area (Å²) in [5, 5.41) is 3.52. The van der Waals surface area contributed by atoms with Gasteiger partial charge in [-0.05, 0) is 49.6 Å². The molecule has 2 aromatic carbocycles. The van der Waals surface area contributed by atoms with Crippen LogP contribution in [0.2, 0.25) is 0 Å². The summed E-state index contributed by atoms with van der Waals surface area (Å²) in [6, 6.07) is 15.7. The lowest BCUT2D eigenvalue weighted by Gasteiger charge is -2.13. The van der Waals surface area contributed by atoms with Crippen LogP contribution in [0.25, 0.3) is 11.0 Å². The minimum absolute atomic E-state index is 0.0690. The fourth-order valence-corrected chi connectivity index (χ4v) is 3.68. The first-order valence-corrected chi connectivity index (χ1v) is 10.4. The first-order chi connectivity index (χ1) is 14.9. The topological polar surface area (TPSA) is 69.0 Å². The molecule has 0 saturated heterocycles. The zero-order valence-electron chi connectivity index (χ0n) is 18.3. The molecule has 2 heterocycles. The number of Topliss-reactive ketones (excluding diaryl/α,β-unsaturated/α-hetero) is 1. The van der Waals surface area contributed by atoms with Gasteiger partial charge in [0.05, 0.1) is 16.7 Å². The molecule has 6 nitrogen and oxygen atoms in total. The molecule has 0 radical (unpaired) electrons. The molecule has 0 unspecified atom stereocenters. The van der Waals surface area contributed by atoms with E-state index in [0.29, 0.717) is 23.6 Å². The highest BCUT2D eigenvalue weighted by molar-refractivity contribution is 5.81. The van der Waals surface area contributed by atoms with Crippen molar-refractivity contribution in [2.75, 3.05) is 5.32 Å². The van der Waals surface area contributed by atoms with Crippen LogP contribution < -0.4 is 10.1 Å². The SMILES string of the molecule is CCc1cccc(C)c1Nc1nc2cc(Oc3ccnc(CC(C)=O)c3)ccc2n1C. The van der Waals surface area contributed by atoms with Crippen LogP contribution in [-0.4, -0.2) is 20.3 Å². The van der Waals surface area contributed by atoms with E-state index in [1.54, 1.807) is 25.3 Å². The maximum absolute atomic E-state index is 11.4. The number of nitrogens with zero attached hydrogens (tertiary/aromatic N) is 3. The number of pyridine rings is 1. The lowest BCUT2D eigenvalue weighted by Crippen LogP contribution is -2.03. The molecule has 31 heavy (non-hydrogen) atoms. The van der Waals surface area contributed by atoms with Crippen molar-refractivity contribution >= 4 is 28.5 Å². The highest BCUT2D eigenvalue weighted by Gasteiger charge is 2.12. The molecular weight excluding hydrogens is 388 g/mol. The quantitative estimate of drug-likeness (QED) is 0.432. The predicted molar refractivity (Wildman–Crippen MR) is 123 cm³/mol. The second-order valence-electron chi connectivity index (χ2n) is 7.70. The predicted octanol–water partition coefficient (Wildman–Crippen LogP) is 5.51. The molecule has 0 aliphatic rings. The van der Waals surface area contributed by atoms with Crippen molar-refractivity contribution in [3.63, 3.8) is 0 Å². The number of hydrogen-bond donors (Lipinski definition) is 1. The third-order valence-corrected chi connectivity index (χ3v) is 5.28. The van der Waals surface area contributed by atoms with Gasteiger partial charge in [0.1, 0.15) is 17.3 Å². The third kappa shape index (κ3) is 4.43. The fraction of sp³-hybridized carbons (Fsp3) is 0.240. The second kappa shape index (κ2) is 8.60. The van der Waals surface area contributed by atoms with Crippen LogP contribution >= 0.6 is 0 Å². The summed E-state index contributed by atoms with van der Waals surface area (Å²) in [6.07, 6.45) is 2.90. The van der Waals surface area contributed by atoms with E-state index in [0.717, 1.165) is 29.1 Å². The average molecular weight is 415 g/mol. The van der Waals surface area contributed by atoms with Crippen molar-refractivity contribution in [1.29, 1.82) is 0 Å². The Morgan fingerprint density at radius 1 is 1.13 bits per heavy atom. The fourth-order valence-electron chi connectivity index (χ4n) is 3.68. The van der Waals surface area contributed by atoms with Crippen molar-refractivity contribution in [1.82, 2.24) is 14.5 Å². The van der Waals surface area contributed by atoms with Gasteiger partial charge < -0.3 is 14.6 Å². The molecule has 0 fully saturated rings. The molecule has 0 amide bonds. The summed E-state index contributed by atoms with van der Waals surface area (Å²) < 4.78 is 8.05. The summed E-state index contributed by atoms with van der Waals surface area (Å²) in [4.78, 5) is 20.4. The van der Waals surface area contributed by atoms with E-state index in [2.05, 4.69) is 42.3 Å². The normalized spacial score (nSPS) is 11.0. The summed E-state index contributed by atoms with van der Waals surface area (Å²) in [5.41, 5.74) is 6.10. The third-order valence-electron chi connectivity index (χ3n) is 5.28. The van der Waals surface area contributed by atoms with Crippen LogP contribution in [0.1, 0.15) is 30.7 Å². The van der Waals surface area contributed by atoms with Gasteiger partial charge in [0, 0.05) is 37.5 Å². The summed E-state index contributed by atoms with van der Waals surface area (Å²) in [7, 11) is 2.00. The van der Waals surface area contributed by atoms with Crippen molar-refractivity contribution in [3.05, 3.63) is 71.5 Å². The molecule has 158 valence electrons. The number of carbonyl (C=O) groups is 1. The smallest absolute Gasteiger partial charge is 0.208 e. The van der Waals surface area contributed by atoms with E-state index in [1.165, 1.54) is 11.1 Å². The van der Waals surface area contributed by atoms with Gasteiger partial charge in [-0.1, -0.05) is 25.1 Å². The number of imidazole rings is 1. The van der Waals surface area contributed by atoms with Crippen molar-refractivity contribution in [3.8, 4) is 11.5 Å². The minimum atomic E-state index is 0.0690. The number of ketones is 1. The van der Waals surface area contributed by atoms with Crippen LogP contribution in [0.3, 0.4) is 0 Å². The number of fused-ring (bicyclic) bond motifs is 1. The summed E-state index contributed by atoms with van der Waals surface area (Å²) >= 11 is 0. The Morgan fingerprint density at radius 2 is 1.94 bits per heavy atom. The number of hydrogen-bond acceptors (Lipinski definition) is 5. The highest BCUT2D eigenvalue weighted by atomic mass is 16.5. The van der Waals surface area contributed by atoms with E-state index >= 15 is 0 Å². The Balaban J connectivity index is 1.62. The number of para-hydroxylation sites is 1. The molecule has 4 aromatic rings. The number of benzene rings is 2. The Labute approximate surface area is 181 Å². The van der Waals surface area contributed by atoms with Gasteiger partial charge in [-0.15, -0.1) is 0 Å². The highest BCUT2D eigenvalue weighted by Crippen LogP contribution is 2.30. The van der Waals surface area contributed by atoms with Crippen LogP contribution in [0.4, 0.5) is 11.6 Å². The molecule has 0 aliphatic carbocycles. The number of rotatable bonds is 7. The lowest BCUT2D eigenvalue weighted by atomic mass is 10.1. The number of carbonyl (C=O) groups excluding carboxylic acids is 1. The second-order valence-corrected chi connectivity index (χ2v) is 7.70. The van der Waals surface area contributed by atoms with E-state index < -0.39 is 0 Å². The number of aromatic nitrogens is 3. The molecule has 2 aromatic heterocycles. The molecule has 4 rings (SSSR count). The zero-order chi connectivity index (χ0) is 22.0. The van der Waals surface area contributed by atoms with Gasteiger partial charge >= 0.3 is 0 Å². The minimum Gasteiger partial charge on any atom is -0.457 e. The van der Waals surface area contributed by atoms with Gasteiger partial charge in [-0.2, -0.15) is 0 Å². The molecule has 0 aliphatic heterocycles. The molecule has 1 N–H and O–H groups in total. The molecular formula is C25H26N4O2. The van der Waals surface area contributed by atoms with Crippen LogP contribution in [0, 0.1) is 6.92 Å². The lowest BCUT2D eigenvalue weighted by molar-refractivity contribution is -0.116. The van der Waals surface area contributed by atoms with E-state index in [9.17, 15) is 4.79 Å². The van der Waals surface area contributed by atoms with Crippen LogP contribution in [0.15, 0.2) is 54.7 Å². The molecule has 0 spiro atoms. The number of ether oxygens (including phenoxy) is 1. The van der Waals surface area contributed by atoms with Crippen molar-refractivity contribution in [2.45, 2.75) is 33.6 Å². The van der Waals surface area contributed by atoms with Gasteiger partial charge in [0.2, 0.25) is 5.95 Å². The van der Waals surface area contributed by atoms with E-state index in [-0.39, 0.29) is 5.78 Å². The molecule has 0 saturated carbocycles. The average Bonchev–Trinajstić information content (AvgIpc) is 3.04. The van der Waals surface area contributed by atoms with Gasteiger partial charge in [-0.3, -0.25) is 9.78 Å². The maximum atomic E-state index is 11.4. The molecule has 0 bridgehead atoms. The number of anilines is 2. The standard InChI is InChI=1S/C25H26N4O2/c1-5-18-8-6-7-16(2)24(18)28-25-27-22-15-20(9-10-23(22)29(25)4)31-21-11-12-26-19(14-21)13-17(3)30/h6-12,14-15H,5,13H2,1-4H3,(H,27,28). The Kier molecular flexibility index (Phi) is 5.71. The van der Waals surface area contributed by atoms with Gasteiger partial charge in [0.15, 0.2) is 0 Å². The number of aryl methyl sites for hydroxylation is 3. The van der Waals surface area contributed by atoms with Crippen LogP contribution in [-0.2, 0) is 24.7 Å². The first-order valence-electron chi connectivity index (χ1n) is 10.4. The summed E-state index contributed by atoms with van der Waals surface area (Å²) in [5.74, 6) is 2.18. The zero-order valence-corrected chi connectivity index (χ0v) is 18.3. The Hall–Kier alpha value is -3.67. The first kappa shape index (κ1) is 20.6. The van der Waals surface area contributed by atoms with E-state index in [4.69, 9.17) is 9.72 Å². The maximum Gasteiger partial charge on any atom is 0.208 e. The number of nitrogens with one attached hydrogen (secondary N) is 1. The Bertz CT molecular complexity index is 1260. The Morgan fingerprint density at radius 3 is 2.71 bits per heavy atom. The van der Waals surface area contributed by atoms with Crippen LogP contribution in [0.5, 0.6) is 11.5 Å². The molecule has 6 heteroatoms. The van der Waals surface area contributed by atoms with E-state index in [1.807, 2.05) is 29.8 Å². The van der Waals surface area contributed by atoms with Gasteiger partial charge in [0.25, 0.3) is 0 Å². The monoisotopic (exact) mass is 414 g/mol.